The van der Waals surface area contributed by atoms with E-state index < -0.39 is 0 Å². The molecule has 0 atom stereocenters. The average Bonchev–Trinajstić information content (AvgIpc) is 3.42. The summed E-state index contributed by atoms with van der Waals surface area (Å²) in [5.41, 5.74) is 3.79. The highest BCUT2D eigenvalue weighted by Gasteiger charge is 2.48. The van der Waals surface area contributed by atoms with E-state index in [4.69, 9.17) is 0 Å². The quantitative estimate of drug-likeness (QED) is 0.651. The van der Waals surface area contributed by atoms with Gasteiger partial charge in [-0.25, -0.2) is 4.39 Å². The van der Waals surface area contributed by atoms with Gasteiger partial charge in [-0.15, -0.1) is 0 Å². The molecule has 0 N–H and O–H groups in total. The fraction of sp³-hybridized carbons (Fsp3) is 0.304. The van der Waals surface area contributed by atoms with Crippen molar-refractivity contribution in [3.8, 4) is 11.1 Å². The Bertz CT molecular complexity index is 1070. The number of nitrogens with zero attached hydrogens (tertiary/aromatic N) is 3. The number of fused-ring (bicyclic) bond motifs is 2. The molecule has 0 saturated heterocycles. The van der Waals surface area contributed by atoms with Crippen molar-refractivity contribution in [2.24, 2.45) is 7.05 Å². The lowest BCUT2D eigenvalue weighted by Crippen LogP contribution is -2.35. The summed E-state index contributed by atoms with van der Waals surface area (Å²) in [7, 11) is 1.87. The van der Waals surface area contributed by atoms with E-state index in [0.29, 0.717) is 12.1 Å². The van der Waals surface area contributed by atoms with Gasteiger partial charge < -0.3 is 4.90 Å². The summed E-state index contributed by atoms with van der Waals surface area (Å²) in [5, 5.41) is 4.21. The number of hydrogen-bond donors (Lipinski definition) is 0. The van der Waals surface area contributed by atoms with Crippen molar-refractivity contribution < 1.29 is 9.18 Å². The minimum atomic E-state index is -0.225. The van der Waals surface area contributed by atoms with Crippen LogP contribution in [0.2, 0.25) is 0 Å². The summed E-state index contributed by atoms with van der Waals surface area (Å²) in [5.74, 6) is -0.250. The van der Waals surface area contributed by atoms with Crippen LogP contribution in [0.4, 0.5) is 10.1 Å². The zero-order valence-corrected chi connectivity index (χ0v) is 15.9. The minimum Gasteiger partial charge on any atom is -0.307 e. The van der Waals surface area contributed by atoms with Crippen LogP contribution in [0.3, 0.4) is 0 Å². The second kappa shape index (κ2) is 6.30. The molecule has 3 aromatic rings. The average molecular weight is 375 g/mol. The lowest BCUT2D eigenvalue weighted by molar-refractivity contribution is 0.0985. The van der Waals surface area contributed by atoms with Crippen LogP contribution in [0.1, 0.15) is 41.6 Å². The number of benzene rings is 2. The van der Waals surface area contributed by atoms with E-state index >= 15 is 0 Å². The Morgan fingerprint density at radius 1 is 1.11 bits per heavy atom. The fourth-order valence-electron chi connectivity index (χ4n) is 4.93. The Hall–Kier alpha value is -2.95. The number of halogens is 1. The summed E-state index contributed by atoms with van der Waals surface area (Å²) < 4.78 is 16.5. The molecule has 1 aromatic heterocycles. The lowest BCUT2D eigenvalue weighted by Gasteiger charge is -2.25. The Balaban J connectivity index is 1.54. The lowest BCUT2D eigenvalue weighted by atomic mass is 9.80. The van der Waals surface area contributed by atoms with E-state index in [1.165, 1.54) is 6.07 Å². The summed E-state index contributed by atoms with van der Waals surface area (Å²) in [6.45, 7) is 0.569. The maximum Gasteiger partial charge on any atom is 0.258 e. The molecule has 28 heavy (non-hydrogen) atoms. The first-order valence-electron chi connectivity index (χ1n) is 9.77. The fourth-order valence-corrected chi connectivity index (χ4v) is 4.93. The topological polar surface area (TPSA) is 38.1 Å². The van der Waals surface area contributed by atoms with Crippen molar-refractivity contribution in [2.45, 2.75) is 31.1 Å². The van der Waals surface area contributed by atoms with E-state index in [9.17, 15) is 9.18 Å². The van der Waals surface area contributed by atoms with Gasteiger partial charge in [-0.05, 0) is 42.7 Å². The molecule has 0 unspecified atom stereocenters. The number of amides is 1. The van der Waals surface area contributed by atoms with Gasteiger partial charge >= 0.3 is 0 Å². The molecule has 5 heteroatoms. The minimum absolute atomic E-state index is 0.0682. The molecule has 1 spiro atoms. The van der Waals surface area contributed by atoms with Gasteiger partial charge in [0.05, 0.1) is 11.9 Å². The molecule has 0 radical (unpaired) electrons. The zero-order chi connectivity index (χ0) is 19.3. The number of carbonyl (C=O) groups excluding carboxylic acids is 1. The molecule has 0 bridgehead atoms. The van der Waals surface area contributed by atoms with Gasteiger partial charge in [-0.2, -0.15) is 5.10 Å². The molecule has 4 nitrogen and oxygen atoms in total. The Morgan fingerprint density at radius 2 is 1.89 bits per heavy atom. The second-order valence-corrected chi connectivity index (χ2v) is 8.00. The molecule has 1 aliphatic carbocycles. The molecule has 2 aliphatic rings. The first-order valence-corrected chi connectivity index (χ1v) is 9.77. The predicted molar refractivity (Wildman–Crippen MR) is 107 cm³/mol. The highest BCUT2D eigenvalue weighted by Crippen LogP contribution is 2.51. The zero-order valence-electron chi connectivity index (χ0n) is 15.9. The number of anilines is 1. The van der Waals surface area contributed by atoms with Crippen LogP contribution in [0.15, 0.2) is 54.9 Å². The number of aromatic nitrogens is 2. The van der Waals surface area contributed by atoms with Gasteiger partial charge in [0.15, 0.2) is 0 Å². The molecule has 2 aromatic carbocycles. The molecule has 1 aliphatic heterocycles. The summed E-state index contributed by atoms with van der Waals surface area (Å²) in [6.07, 6.45) is 7.79. The Morgan fingerprint density at radius 3 is 2.64 bits per heavy atom. The van der Waals surface area contributed by atoms with Crippen LogP contribution in [-0.4, -0.2) is 22.2 Å². The monoisotopic (exact) mass is 375 g/mol. The maximum atomic E-state index is 14.8. The van der Waals surface area contributed by atoms with Crippen molar-refractivity contribution in [2.75, 3.05) is 11.4 Å². The smallest absolute Gasteiger partial charge is 0.258 e. The van der Waals surface area contributed by atoms with Crippen molar-refractivity contribution >= 4 is 11.6 Å². The van der Waals surface area contributed by atoms with Gasteiger partial charge in [0.2, 0.25) is 0 Å². The van der Waals surface area contributed by atoms with E-state index in [-0.39, 0.29) is 17.1 Å². The van der Waals surface area contributed by atoms with Gasteiger partial charge in [0.25, 0.3) is 5.91 Å². The van der Waals surface area contributed by atoms with Gasteiger partial charge in [0.1, 0.15) is 5.82 Å². The first-order chi connectivity index (χ1) is 13.6. The third kappa shape index (κ3) is 2.57. The Labute approximate surface area is 163 Å². The highest BCUT2D eigenvalue weighted by molar-refractivity contribution is 6.08. The van der Waals surface area contributed by atoms with E-state index in [1.54, 1.807) is 21.8 Å². The largest absolute Gasteiger partial charge is 0.307 e. The summed E-state index contributed by atoms with van der Waals surface area (Å²) >= 11 is 0. The SMILES string of the molecule is Cn1cc(-c2cccc(C(=O)N3CC4(CCCC4)c4c(F)cccc43)c2)cn1. The van der Waals surface area contributed by atoms with E-state index in [2.05, 4.69) is 5.10 Å². The molecule has 1 fully saturated rings. The van der Waals surface area contributed by atoms with Crippen molar-refractivity contribution in [3.63, 3.8) is 0 Å². The maximum absolute atomic E-state index is 14.8. The highest BCUT2D eigenvalue weighted by atomic mass is 19.1. The Kier molecular flexibility index (Phi) is 3.86. The number of hydrogen-bond acceptors (Lipinski definition) is 2. The molecule has 1 saturated carbocycles. The van der Waals surface area contributed by atoms with Crippen LogP contribution < -0.4 is 4.90 Å². The molecule has 2 heterocycles. The number of carbonyl (C=O) groups is 1. The molecule has 1 amide bonds. The van der Waals surface area contributed by atoms with Crippen LogP contribution in [0, 0.1) is 5.82 Å². The first kappa shape index (κ1) is 17.2. The van der Waals surface area contributed by atoms with Gasteiger partial charge in [-0.3, -0.25) is 9.48 Å². The molecular formula is C23H22FN3O. The summed E-state index contributed by atoms with van der Waals surface area (Å²) in [4.78, 5) is 15.2. The van der Waals surface area contributed by atoms with Crippen molar-refractivity contribution in [3.05, 3.63) is 71.8 Å². The normalized spacial score (nSPS) is 17.3. The molecule has 5 rings (SSSR count). The van der Waals surface area contributed by atoms with Crippen molar-refractivity contribution in [1.82, 2.24) is 9.78 Å². The standard InChI is InChI=1S/C23H22FN3O/c1-26-14-18(13-25-26)16-6-4-7-17(12-16)22(28)27-15-23(10-2-3-11-23)21-19(24)8-5-9-20(21)27/h4-9,12-14H,2-3,10-11,15H2,1H3. The van der Waals surface area contributed by atoms with Crippen LogP contribution in [-0.2, 0) is 12.5 Å². The third-order valence-electron chi connectivity index (χ3n) is 6.23. The number of rotatable bonds is 2. The molecule has 142 valence electrons. The van der Waals surface area contributed by atoms with E-state index in [1.807, 2.05) is 43.6 Å². The second-order valence-electron chi connectivity index (χ2n) is 8.00. The van der Waals surface area contributed by atoms with Gasteiger partial charge in [-0.1, -0.05) is 31.0 Å². The third-order valence-corrected chi connectivity index (χ3v) is 6.23. The number of aryl methyl sites for hydroxylation is 1. The van der Waals surface area contributed by atoms with E-state index in [0.717, 1.165) is 48.1 Å². The van der Waals surface area contributed by atoms with Crippen molar-refractivity contribution in [1.29, 1.82) is 0 Å². The van der Waals surface area contributed by atoms with Gasteiger partial charge in [0, 0.05) is 41.9 Å². The predicted octanol–water partition coefficient (Wildman–Crippen LogP) is 4.70. The molecular weight excluding hydrogens is 353 g/mol. The van der Waals surface area contributed by atoms with Crippen LogP contribution in [0.5, 0.6) is 0 Å². The van der Waals surface area contributed by atoms with Crippen LogP contribution in [0.25, 0.3) is 11.1 Å². The summed E-state index contributed by atoms with van der Waals surface area (Å²) in [6, 6.07) is 12.7. The van der Waals surface area contributed by atoms with Crippen LogP contribution >= 0.6 is 0 Å².